The van der Waals surface area contributed by atoms with Crippen LogP contribution in [0.3, 0.4) is 0 Å². The van der Waals surface area contributed by atoms with E-state index < -0.39 is 8.80 Å². The molecule has 0 heterocycles. The van der Waals surface area contributed by atoms with E-state index in [1.165, 1.54) is 0 Å². The van der Waals surface area contributed by atoms with Gasteiger partial charge in [-0.25, -0.2) is 0 Å². The summed E-state index contributed by atoms with van der Waals surface area (Å²) in [5.41, 5.74) is 0. The van der Waals surface area contributed by atoms with E-state index >= 15 is 0 Å². The summed E-state index contributed by atoms with van der Waals surface area (Å²) in [5.74, 6) is 1.06. The van der Waals surface area contributed by atoms with Crippen LogP contribution in [-0.4, -0.2) is 40.8 Å². The van der Waals surface area contributed by atoms with Crippen LogP contribution in [0.25, 0.3) is 0 Å². The Morgan fingerprint density at radius 1 is 1.08 bits per heavy atom. The first-order valence-electron chi connectivity index (χ1n) is 4.47. The van der Waals surface area contributed by atoms with E-state index in [0.29, 0.717) is 4.87 Å². The molecular formula is C8H20O3SSi. The fraction of sp³-hybridized carbons (Fsp3) is 1.00. The van der Waals surface area contributed by atoms with Gasteiger partial charge in [-0.3, -0.25) is 0 Å². The van der Waals surface area contributed by atoms with Crippen molar-refractivity contribution in [1.29, 1.82) is 0 Å². The standard InChI is InChI=1S/C8H20O3SSi/c1-6-8(12-7-2)13(9-3,10-4)11-5/h8H,6-7H2,1-5H3. The molecule has 0 aliphatic heterocycles. The van der Waals surface area contributed by atoms with Crippen molar-refractivity contribution in [3.8, 4) is 0 Å². The van der Waals surface area contributed by atoms with Gasteiger partial charge in [0.1, 0.15) is 0 Å². The minimum Gasteiger partial charge on any atom is -0.376 e. The Bertz CT molecular complexity index is 122. The molecule has 0 saturated carbocycles. The van der Waals surface area contributed by atoms with Gasteiger partial charge in [0, 0.05) is 21.3 Å². The number of hydrogen-bond donors (Lipinski definition) is 0. The zero-order chi connectivity index (χ0) is 10.3. The van der Waals surface area contributed by atoms with Gasteiger partial charge in [-0.05, 0) is 12.2 Å². The molecule has 0 rings (SSSR count). The van der Waals surface area contributed by atoms with Crippen molar-refractivity contribution in [2.75, 3.05) is 27.1 Å². The van der Waals surface area contributed by atoms with Gasteiger partial charge >= 0.3 is 8.80 Å². The quantitative estimate of drug-likeness (QED) is 0.618. The summed E-state index contributed by atoms with van der Waals surface area (Å²) in [5, 5.41) is 0. The lowest BCUT2D eigenvalue weighted by atomic mass is 10.6. The minimum atomic E-state index is -2.40. The van der Waals surface area contributed by atoms with E-state index in [9.17, 15) is 0 Å². The Morgan fingerprint density at radius 2 is 1.54 bits per heavy atom. The Morgan fingerprint density at radius 3 is 1.77 bits per heavy atom. The third-order valence-corrected chi connectivity index (χ3v) is 7.33. The van der Waals surface area contributed by atoms with E-state index in [4.69, 9.17) is 13.3 Å². The van der Waals surface area contributed by atoms with Crippen molar-refractivity contribution < 1.29 is 13.3 Å². The molecule has 0 aromatic heterocycles. The molecule has 0 fully saturated rings. The van der Waals surface area contributed by atoms with Crippen LogP contribution in [0.4, 0.5) is 0 Å². The SMILES string of the molecule is CCSC(CC)[Si](OC)(OC)OC. The van der Waals surface area contributed by atoms with Crippen LogP contribution in [-0.2, 0) is 13.3 Å². The van der Waals surface area contributed by atoms with Gasteiger partial charge < -0.3 is 13.3 Å². The molecule has 0 aromatic carbocycles. The van der Waals surface area contributed by atoms with Crippen LogP contribution in [0, 0.1) is 0 Å². The smallest absolute Gasteiger partial charge is 0.376 e. The van der Waals surface area contributed by atoms with Crippen LogP contribution >= 0.6 is 11.8 Å². The molecule has 3 nitrogen and oxygen atoms in total. The molecule has 0 aromatic rings. The lowest BCUT2D eigenvalue weighted by Crippen LogP contribution is -2.52. The summed E-state index contributed by atoms with van der Waals surface area (Å²) in [4.78, 5) is 0.345. The summed E-state index contributed by atoms with van der Waals surface area (Å²) in [6.07, 6.45) is 1.01. The second-order valence-corrected chi connectivity index (χ2v) is 7.60. The highest BCUT2D eigenvalue weighted by Crippen LogP contribution is 2.26. The van der Waals surface area contributed by atoms with Crippen LogP contribution in [0.5, 0.6) is 0 Å². The fourth-order valence-electron chi connectivity index (χ4n) is 1.32. The van der Waals surface area contributed by atoms with Crippen molar-refractivity contribution >= 4 is 20.6 Å². The number of rotatable bonds is 7. The second kappa shape index (κ2) is 6.84. The maximum atomic E-state index is 5.42. The lowest BCUT2D eigenvalue weighted by Gasteiger charge is -2.31. The molecule has 0 amide bonds. The van der Waals surface area contributed by atoms with Gasteiger partial charge in [-0.15, -0.1) is 0 Å². The predicted octanol–water partition coefficient (Wildman–Crippen LogP) is 1.94. The van der Waals surface area contributed by atoms with Gasteiger partial charge in [0.2, 0.25) is 0 Å². The first-order valence-corrected chi connectivity index (χ1v) is 7.32. The average Bonchev–Trinajstić information content (AvgIpc) is 2.19. The highest BCUT2D eigenvalue weighted by molar-refractivity contribution is 8.01. The largest absolute Gasteiger partial charge is 0.513 e. The van der Waals surface area contributed by atoms with Crippen molar-refractivity contribution in [1.82, 2.24) is 0 Å². The van der Waals surface area contributed by atoms with Crippen molar-refractivity contribution in [3.05, 3.63) is 0 Å². The van der Waals surface area contributed by atoms with Gasteiger partial charge in [0.15, 0.2) is 0 Å². The molecule has 0 N–H and O–H groups in total. The van der Waals surface area contributed by atoms with E-state index in [1.807, 2.05) is 11.8 Å². The molecule has 13 heavy (non-hydrogen) atoms. The topological polar surface area (TPSA) is 27.7 Å². The molecule has 1 unspecified atom stereocenters. The predicted molar refractivity (Wildman–Crippen MR) is 59.0 cm³/mol. The Hall–Kier alpha value is 0.447. The molecule has 0 radical (unpaired) electrons. The highest BCUT2D eigenvalue weighted by atomic mass is 32.2. The third kappa shape index (κ3) is 3.25. The molecule has 0 saturated heterocycles. The van der Waals surface area contributed by atoms with Gasteiger partial charge in [0.25, 0.3) is 0 Å². The van der Waals surface area contributed by atoms with Crippen LogP contribution < -0.4 is 0 Å². The van der Waals surface area contributed by atoms with Gasteiger partial charge in [-0.1, -0.05) is 13.8 Å². The molecule has 1 atom stereocenters. The molecule has 0 aliphatic rings. The minimum absolute atomic E-state index is 0.345. The molecule has 0 aliphatic carbocycles. The van der Waals surface area contributed by atoms with Crippen molar-refractivity contribution in [2.24, 2.45) is 0 Å². The maximum Gasteiger partial charge on any atom is 0.513 e. The second-order valence-electron chi connectivity index (χ2n) is 2.57. The van der Waals surface area contributed by atoms with E-state index in [-0.39, 0.29) is 0 Å². The Labute approximate surface area is 86.5 Å². The van der Waals surface area contributed by atoms with Gasteiger partial charge in [0.05, 0.1) is 4.87 Å². The monoisotopic (exact) mass is 224 g/mol. The lowest BCUT2D eigenvalue weighted by molar-refractivity contribution is 0.121. The van der Waals surface area contributed by atoms with Gasteiger partial charge in [-0.2, -0.15) is 11.8 Å². The zero-order valence-electron chi connectivity index (χ0n) is 9.12. The summed E-state index contributed by atoms with van der Waals surface area (Å²) in [7, 11) is 2.59. The molecule has 5 heteroatoms. The van der Waals surface area contributed by atoms with E-state index in [0.717, 1.165) is 12.2 Å². The van der Waals surface area contributed by atoms with Crippen LogP contribution in [0.15, 0.2) is 0 Å². The van der Waals surface area contributed by atoms with Crippen molar-refractivity contribution in [3.63, 3.8) is 0 Å². The molecule has 0 spiro atoms. The summed E-state index contributed by atoms with van der Waals surface area (Å²) >= 11 is 1.84. The molecule has 0 bridgehead atoms. The first-order chi connectivity index (χ1) is 6.20. The molecular weight excluding hydrogens is 204 g/mol. The van der Waals surface area contributed by atoms with Crippen LogP contribution in [0.1, 0.15) is 20.3 Å². The first kappa shape index (κ1) is 13.4. The summed E-state index contributed by atoms with van der Waals surface area (Å²) in [6.45, 7) is 4.26. The maximum absolute atomic E-state index is 5.42. The number of hydrogen-bond acceptors (Lipinski definition) is 4. The normalized spacial score (nSPS) is 14.5. The number of thioether (sulfide) groups is 1. The Balaban J connectivity index is 4.45. The summed E-state index contributed by atoms with van der Waals surface area (Å²) < 4.78 is 16.2. The Kier molecular flexibility index (Phi) is 7.07. The fourth-order valence-corrected chi connectivity index (χ4v) is 5.92. The summed E-state index contributed by atoms with van der Waals surface area (Å²) in [6, 6.07) is 0. The van der Waals surface area contributed by atoms with E-state index in [2.05, 4.69) is 13.8 Å². The molecule has 80 valence electrons. The van der Waals surface area contributed by atoms with E-state index in [1.54, 1.807) is 21.3 Å². The zero-order valence-corrected chi connectivity index (χ0v) is 10.9. The van der Waals surface area contributed by atoms with Crippen molar-refractivity contribution in [2.45, 2.75) is 25.1 Å². The highest BCUT2D eigenvalue weighted by Gasteiger charge is 2.46. The van der Waals surface area contributed by atoms with Crippen LogP contribution in [0.2, 0.25) is 0 Å². The average molecular weight is 224 g/mol. The third-order valence-electron chi connectivity index (χ3n) is 1.99.